The molecule has 1 heterocycles. The van der Waals surface area contributed by atoms with E-state index in [9.17, 15) is 24.5 Å². The lowest BCUT2D eigenvalue weighted by Gasteiger charge is -2.13. The van der Waals surface area contributed by atoms with Gasteiger partial charge in [0.05, 0.1) is 16.9 Å². The second kappa shape index (κ2) is 9.43. The number of nitro benzene ring substituents is 1. The molecule has 3 amide bonds. The molecule has 1 aliphatic rings. The molecule has 1 aliphatic heterocycles. The van der Waals surface area contributed by atoms with Crippen molar-refractivity contribution in [2.75, 3.05) is 20.2 Å². The number of hydrogen-bond donors (Lipinski definition) is 1. The third-order valence-corrected chi connectivity index (χ3v) is 5.47. The van der Waals surface area contributed by atoms with E-state index >= 15 is 0 Å². The normalized spacial score (nSPS) is 14.8. The summed E-state index contributed by atoms with van der Waals surface area (Å²) in [6, 6.07) is 11.1. The van der Waals surface area contributed by atoms with E-state index in [0.29, 0.717) is 16.2 Å². The molecule has 1 saturated heterocycles. The largest absolute Gasteiger partial charge is 0.497 e. The van der Waals surface area contributed by atoms with Crippen molar-refractivity contribution in [3.05, 3.63) is 74.2 Å². The topological polar surface area (TPSA) is 119 Å². The molecule has 0 saturated carbocycles. The van der Waals surface area contributed by atoms with Crippen LogP contribution in [-0.4, -0.2) is 47.1 Å². The van der Waals surface area contributed by atoms with E-state index in [0.717, 1.165) is 22.2 Å². The van der Waals surface area contributed by atoms with E-state index in [4.69, 9.17) is 4.74 Å². The number of amides is 3. The number of aryl methyl sites for hydroxylation is 1. The predicted octanol–water partition coefficient (Wildman–Crippen LogP) is 3.38. The van der Waals surface area contributed by atoms with Gasteiger partial charge in [0.25, 0.3) is 22.7 Å². The summed E-state index contributed by atoms with van der Waals surface area (Å²) in [7, 11) is 1.56. The summed E-state index contributed by atoms with van der Waals surface area (Å²) >= 11 is 0.839. The zero-order valence-corrected chi connectivity index (χ0v) is 17.6. The molecule has 0 spiro atoms. The average Bonchev–Trinajstić information content (AvgIpc) is 3.01. The van der Waals surface area contributed by atoms with Gasteiger partial charge in [0, 0.05) is 30.3 Å². The molecule has 0 unspecified atom stereocenters. The van der Waals surface area contributed by atoms with Gasteiger partial charge in [0.1, 0.15) is 5.75 Å². The van der Waals surface area contributed by atoms with Crippen LogP contribution in [0.3, 0.4) is 0 Å². The van der Waals surface area contributed by atoms with Crippen LogP contribution in [-0.2, 0) is 4.79 Å². The van der Waals surface area contributed by atoms with Crippen molar-refractivity contribution in [1.29, 1.82) is 0 Å². The molecule has 31 heavy (non-hydrogen) atoms. The van der Waals surface area contributed by atoms with Gasteiger partial charge in [-0.15, -0.1) is 0 Å². The highest BCUT2D eigenvalue weighted by atomic mass is 32.2. The third kappa shape index (κ3) is 5.10. The Kier molecular flexibility index (Phi) is 6.71. The maximum absolute atomic E-state index is 12.5. The lowest BCUT2D eigenvalue weighted by molar-refractivity contribution is -0.385. The number of carbonyl (C=O) groups excluding carboxylic acids is 3. The maximum atomic E-state index is 12.5. The van der Waals surface area contributed by atoms with Crippen LogP contribution in [0, 0.1) is 17.0 Å². The van der Waals surface area contributed by atoms with Gasteiger partial charge < -0.3 is 10.1 Å². The van der Waals surface area contributed by atoms with Crippen LogP contribution >= 0.6 is 11.8 Å². The van der Waals surface area contributed by atoms with Crippen molar-refractivity contribution in [3.8, 4) is 5.75 Å². The monoisotopic (exact) mass is 441 g/mol. The molecule has 10 heteroatoms. The first-order valence-electron chi connectivity index (χ1n) is 9.23. The van der Waals surface area contributed by atoms with Gasteiger partial charge in [0.15, 0.2) is 0 Å². The summed E-state index contributed by atoms with van der Waals surface area (Å²) in [6.07, 6.45) is 1.63. The zero-order valence-electron chi connectivity index (χ0n) is 16.8. The fraction of sp³-hybridized carbons (Fsp3) is 0.190. The fourth-order valence-electron chi connectivity index (χ4n) is 2.93. The number of nitrogens with zero attached hydrogens (tertiary/aromatic N) is 2. The van der Waals surface area contributed by atoms with Crippen molar-refractivity contribution in [1.82, 2.24) is 10.2 Å². The maximum Gasteiger partial charge on any atom is 0.293 e. The van der Waals surface area contributed by atoms with Gasteiger partial charge in [-0.3, -0.25) is 29.4 Å². The second-order valence-electron chi connectivity index (χ2n) is 6.62. The van der Waals surface area contributed by atoms with Gasteiger partial charge in [0.2, 0.25) is 0 Å². The molecule has 0 bridgehead atoms. The number of rotatable bonds is 7. The highest BCUT2D eigenvalue weighted by molar-refractivity contribution is 8.18. The second-order valence-corrected chi connectivity index (χ2v) is 7.61. The van der Waals surface area contributed by atoms with Crippen molar-refractivity contribution in [2.45, 2.75) is 6.92 Å². The number of ether oxygens (including phenoxy) is 1. The minimum absolute atomic E-state index is 0.0162. The zero-order chi connectivity index (χ0) is 22.5. The predicted molar refractivity (Wildman–Crippen MR) is 116 cm³/mol. The highest BCUT2D eigenvalue weighted by Crippen LogP contribution is 2.32. The molecule has 3 rings (SSSR count). The minimum Gasteiger partial charge on any atom is -0.497 e. The van der Waals surface area contributed by atoms with Gasteiger partial charge in [-0.2, -0.15) is 0 Å². The number of benzene rings is 2. The quantitative estimate of drug-likeness (QED) is 0.397. The molecule has 1 fully saturated rings. The molecular formula is C21H19N3O6S. The fourth-order valence-corrected chi connectivity index (χ4v) is 3.79. The Morgan fingerprint density at radius 3 is 2.55 bits per heavy atom. The third-order valence-electron chi connectivity index (χ3n) is 4.56. The number of methoxy groups -OCH3 is 1. The average molecular weight is 441 g/mol. The lowest BCUT2D eigenvalue weighted by Crippen LogP contribution is -2.37. The van der Waals surface area contributed by atoms with Crippen LogP contribution < -0.4 is 10.1 Å². The Morgan fingerprint density at radius 2 is 1.94 bits per heavy atom. The van der Waals surface area contributed by atoms with Crippen molar-refractivity contribution < 1.29 is 24.0 Å². The van der Waals surface area contributed by atoms with Crippen molar-refractivity contribution in [3.63, 3.8) is 0 Å². The Hall–Kier alpha value is -3.66. The van der Waals surface area contributed by atoms with E-state index in [1.807, 2.05) is 0 Å². The van der Waals surface area contributed by atoms with E-state index < -0.39 is 22.0 Å². The van der Waals surface area contributed by atoms with Gasteiger partial charge >= 0.3 is 0 Å². The first-order valence-corrected chi connectivity index (χ1v) is 10.0. The number of carbonyl (C=O) groups is 3. The van der Waals surface area contributed by atoms with E-state index in [1.54, 1.807) is 44.4 Å². The van der Waals surface area contributed by atoms with Crippen molar-refractivity contribution >= 4 is 40.6 Å². The summed E-state index contributed by atoms with van der Waals surface area (Å²) in [6.45, 7) is 1.62. The molecule has 2 aromatic carbocycles. The molecule has 0 aliphatic carbocycles. The van der Waals surface area contributed by atoms with Crippen LogP contribution in [0.2, 0.25) is 0 Å². The van der Waals surface area contributed by atoms with Crippen molar-refractivity contribution in [2.24, 2.45) is 0 Å². The molecule has 0 radical (unpaired) electrons. The van der Waals surface area contributed by atoms with Gasteiger partial charge in [-0.1, -0.05) is 12.1 Å². The first-order chi connectivity index (χ1) is 14.8. The molecule has 2 aromatic rings. The number of imide groups is 1. The summed E-state index contributed by atoms with van der Waals surface area (Å²) in [5.74, 6) is -0.186. The summed E-state index contributed by atoms with van der Waals surface area (Å²) in [5.41, 5.74) is 1.31. The molecule has 160 valence electrons. The Labute approximate surface area is 182 Å². The Balaban J connectivity index is 1.59. The molecule has 0 atom stereocenters. The number of thioether (sulfide) groups is 1. The van der Waals surface area contributed by atoms with E-state index in [-0.39, 0.29) is 24.3 Å². The molecular weight excluding hydrogens is 422 g/mol. The van der Waals surface area contributed by atoms with Crippen LogP contribution in [0.25, 0.3) is 6.08 Å². The number of nitro groups is 1. The summed E-state index contributed by atoms with van der Waals surface area (Å²) < 4.78 is 5.09. The van der Waals surface area contributed by atoms with Crippen LogP contribution in [0.5, 0.6) is 5.75 Å². The first kappa shape index (κ1) is 22.0. The number of nitrogens with one attached hydrogen (secondary N) is 1. The lowest BCUT2D eigenvalue weighted by atomic mass is 10.1. The SMILES string of the molecule is COc1ccc(C=C2SC(=O)N(CCNC(=O)c3ccc([N+](=O)[O-])c(C)c3)C2=O)cc1. The Bertz CT molecular complexity index is 1080. The van der Waals surface area contributed by atoms with E-state index in [2.05, 4.69) is 5.32 Å². The Morgan fingerprint density at radius 1 is 1.23 bits per heavy atom. The molecule has 9 nitrogen and oxygen atoms in total. The minimum atomic E-state index is -0.518. The van der Waals surface area contributed by atoms with Gasteiger partial charge in [-0.25, -0.2) is 0 Å². The van der Waals surface area contributed by atoms with Crippen LogP contribution in [0.15, 0.2) is 47.4 Å². The highest BCUT2D eigenvalue weighted by Gasteiger charge is 2.34. The summed E-state index contributed by atoms with van der Waals surface area (Å²) in [5, 5.41) is 13.1. The van der Waals surface area contributed by atoms with E-state index in [1.165, 1.54) is 18.2 Å². The summed E-state index contributed by atoms with van der Waals surface area (Å²) in [4.78, 5) is 48.8. The molecule has 1 N–H and O–H groups in total. The number of hydrogen-bond acceptors (Lipinski definition) is 7. The smallest absolute Gasteiger partial charge is 0.293 e. The van der Waals surface area contributed by atoms with Gasteiger partial charge in [-0.05, 0) is 54.6 Å². The standard InChI is InChI=1S/C21H19N3O6S/c1-13-11-15(5-8-17(13)24(28)29)19(25)22-9-10-23-20(26)18(31-21(23)27)12-14-3-6-16(30-2)7-4-14/h3-8,11-12H,9-10H2,1-2H3,(H,22,25). The van der Waals surface area contributed by atoms with Crippen LogP contribution in [0.4, 0.5) is 10.5 Å². The molecule has 0 aromatic heterocycles. The van der Waals surface area contributed by atoms with Crippen LogP contribution in [0.1, 0.15) is 21.5 Å².